The number of nitrogens with two attached hydrogens (primary N) is 1. The highest BCUT2D eigenvalue weighted by Gasteiger charge is 2.28. The third-order valence-electron chi connectivity index (χ3n) is 3.61. The van der Waals surface area contributed by atoms with Crippen molar-refractivity contribution in [2.45, 2.75) is 18.9 Å². The molecule has 0 aliphatic carbocycles. The van der Waals surface area contributed by atoms with Crippen molar-refractivity contribution in [2.24, 2.45) is 11.7 Å². The summed E-state index contributed by atoms with van der Waals surface area (Å²) in [5.41, 5.74) is 4.90. The van der Waals surface area contributed by atoms with E-state index in [2.05, 4.69) is 5.32 Å². The van der Waals surface area contributed by atoms with Crippen LogP contribution in [0, 0.1) is 21.8 Å². The number of hydrogen-bond acceptors (Lipinski definition) is 5. The van der Waals surface area contributed by atoms with Gasteiger partial charge in [-0.1, -0.05) is 6.07 Å². The zero-order valence-corrected chi connectivity index (χ0v) is 12.2. The predicted octanol–water partition coefficient (Wildman–Crippen LogP) is 0.283. The maximum absolute atomic E-state index is 13.3. The Morgan fingerprint density at radius 1 is 1.52 bits per heavy atom. The molecule has 2 atom stereocenters. The van der Waals surface area contributed by atoms with Crippen molar-refractivity contribution in [1.82, 2.24) is 5.32 Å². The summed E-state index contributed by atoms with van der Waals surface area (Å²) in [6.45, 7) is 0.753. The van der Waals surface area contributed by atoms with Gasteiger partial charge in [0.05, 0.1) is 17.4 Å². The lowest BCUT2D eigenvalue weighted by Crippen LogP contribution is -2.48. The number of nitro benzene ring substituents is 1. The van der Waals surface area contributed by atoms with Crippen LogP contribution in [0.15, 0.2) is 18.2 Å². The molecule has 0 saturated carbocycles. The van der Waals surface area contributed by atoms with Crippen LogP contribution in [0.3, 0.4) is 0 Å². The quantitative estimate of drug-likeness (QED) is 0.574. The molecule has 1 fully saturated rings. The fourth-order valence-corrected chi connectivity index (χ4v) is 2.31. The van der Waals surface area contributed by atoms with Crippen LogP contribution in [0.25, 0.3) is 0 Å². The molecule has 124 valence electrons. The number of carbonyl (C=O) groups excluding carboxylic acids is 2. The lowest BCUT2D eigenvalue weighted by atomic mass is 10.0. The first kappa shape index (κ1) is 16.8. The molecular formula is C14H16FN3O5. The van der Waals surface area contributed by atoms with Gasteiger partial charge in [-0.2, -0.15) is 4.39 Å². The van der Waals surface area contributed by atoms with E-state index >= 15 is 0 Å². The Kier molecular flexibility index (Phi) is 5.22. The van der Waals surface area contributed by atoms with Gasteiger partial charge in [0.25, 0.3) is 0 Å². The van der Waals surface area contributed by atoms with Gasteiger partial charge >= 0.3 is 5.69 Å². The van der Waals surface area contributed by atoms with E-state index in [1.54, 1.807) is 0 Å². The summed E-state index contributed by atoms with van der Waals surface area (Å²) in [5.74, 6) is -2.45. The molecule has 8 nitrogen and oxygen atoms in total. The fraction of sp³-hybridized carbons (Fsp3) is 0.429. The number of rotatable bonds is 6. The van der Waals surface area contributed by atoms with Gasteiger partial charge in [0, 0.05) is 19.1 Å². The highest BCUT2D eigenvalue weighted by atomic mass is 19.1. The normalized spacial score (nSPS) is 18.4. The zero-order chi connectivity index (χ0) is 17.0. The Balaban J connectivity index is 2.10. The Hall–Kier alpha value is -2.55. The van der Waals surface area contributed by atoms with E-state index in [1.807, 2.05) is 0 Å². The number of hydrogen-bond donors (Lipinski definition) is 2. The molecule has 9 heteroatoms. The summed E-state index contributed by atoms with van der Waals surface area (Å²) in [4.78, 5) is 33.4. The average molecular weight is 325 g/mol. The molecule has 0 bridgehead atoms. The third kappa shape index (κ3) is 4.22. The summed E-state index contributed by atoms with van der Waals surface area (Å²) in [7, 11) is 0. The fourth-order valence-electron chi connectivity index (χ4n) is 2.31. The van der Waals surface area contributed by atoms with E-state index in [4.69, 9.17) is 10.5 Å². The molecule has 1 heterocycles. The van der Waals surface area contributed by atoms with Crippen molar-refractivity contribution in [2.75, 3.05) is 13.2 Å². The van der Waals surface area contributed by atoms with E-state index in [1.165, 1.54) is 6.07 Å². The Morgan fingerprint density at radius 2 is 2.26 bits per heavy atom. The number of primary amides is 1. The summed E-state index contributed by atoms with van der Waals surface area (Å²) >= 11 is 0. The predicted molar refractivity (Wildman–Crippen MR) is 76.8 cm³/mol. The molecule has 2 rings (SSSR count). The van der Waals surface area contributed by atoms with Gasteiger partial charge in [0.2, 0.25) is 17.6 Å². The number of nitrogens with one attached hydrogen (secondary N) is 1. The maximum Gasteiger partial charge on any atom is 0.305 e. The molecule has 1 aliphatic heterocycles. The number of nitro groups is 1. The molecule has 0 unspecified atom stereocenters. The Morgan fingerprint density at radius 3 is 2.83 bits per heavy atom. The van der Waals surface area contributed by atoms with Crippen LogP contribution in [0.4, 0.5) is 10.1 Å². The molecule has 1 saturated heterocycles. The number of benzene rings is 1. The number of carbonyl (C=O) groups is 2. The van der Waals surface area contributed by atoms with E-state index in [-0.39, 0.29) is 24.9 Å². The van der Waals surface area contributed by atoms with Gasteiger partial charge in [-0.05, 0) is 18.1 Å². The molecule has 1 aromatic rings. The highest BCUT2D eigenvalue weighted by Crippen LogP contribution is 2.20. The minimum absolute atomic E-state index is 0.0598. The topological polar surface area (TPSA) is 125 Å². The third-order valence-corrected chi connectivity index (χ3v) is 3.61. The largest absolute Gasteiger partial charge is 0.381 e. The summed E-state index contributed by atoms with van der Waals surface area (Å²) in [6, 6.07) is 2.24. The van der Waals surface area contributed by atoms with Gasteiger partial charge in [-0.15, -0.1) is 0 Å². The van der Waals surface area contributed by atoms with Crippen molar-refractivity contribution >= 4 is 17.5 Å². The van der Waals surface area contributed by atoms with Crippen molar-refractivity contribution in [3.63, 3.8) is 0 Å². The van der Waals surface area contributed by atoms with E-state index in [9.17, 15) is 24.1 Å². The number of nitrogens with zero attached hydrogens (tertiary/aromatic N) is 1. The lowest BCUT2D eigenvalue weighted by Gasteiger charge is -2.17. The second kappa shape index (κ2) is 7.14. The number of amides is 2. The summed E-state index contributed by atoms with van der Waals surface area (Å²) < 4.78 is 18.4. The Labute approximate surface area is 130 Å². The molecule has 0 radical (unpaired) electrons. The van der Waals surface area contributed by atoms with Gasteiger partial charge < -0.3 is 15.8 Å². The standard InChI is InChI=1S/C14H16FN3O5/c15-10-2-1-8(6-12(10)18(21)22)5-11(13(16)19)17-14(20)9-3-4-23-7-9/h1-2,6,9,11H,3-5,7H2,(H2,16,19)(H,17,20)/t9-,11+/m0/s1. The van der Waals surface area contributed by atoms with Crippen LogP contribution >= 0.6 is 0 Å². The van der Waals surface area contributed by atoms with Gasteiger partial charge in [0.1, 0.15) is 6.04 Å². The SMILES string of the molecule is NC(=O)[C@@H](Cc1ccc(F)c([N+](=O)[O-])c1)NC(=O)[C@H]1CCOC1. The van der Waals surface area contributed by atoms with Crippen LogP contribution in [0.5, 0.6) is 0 Å². The van der Waals surface area contributed by atoms with E-state index in [0.717, 1.165) is 12.1 Å². The van der Waals surface area contributed by atoms with Crippen LogP contribution in [0.1, 0.15) is 12.0 Å². The van der Waals surface area contributed by atoms with E-state index < -0.39 is 28.4 Å². The Bertz CT molecular complexity index is 631. The first-order chi connectivity index (χ1) is 10.9. The minimum Gasteiger partial charge on any atom is -0.381 e. The first-order valence-corrected chi connectivity index (χ1v) is 6.98. The molecule has 1 aliphatic rings. The number of ether oxygens (including phenoxy) is 1. The molecule has 0 aromatic heterocycles. The minimum atomic E-state index is -1.03. The lowest BCUT2D eigenvalue weighted by molar-refractivity contribution is -0.387. The smallest absolute Gasteiger partial charge is 0.305 e. The second-order valence-electron chi connectivity index (χ2n) is 5.27. The molecule has 3 N–H and O–H groups in total. The van der Waals surface area contributed by atoms with Gasteiger partial charge in [-0.3, -0.25) is 19.7 Å². The first-order valence-electron chi connectivity index (χ1n) is 6.98. The summed E-state index contributed by atoms with van der Waals surface area (Å²) in [5, 5.41) is 13.2. The van der Waals surface area contributed by atoms with Gasteiger partial charge in [-0.25, -0.2) is 0 Å². The van der Waals surface area contributed by atoms with Crippen LogP contribution in [-0.4, -0.2) is 36.0 Å². The van der Waals surface area contributed by atoms with Crippen LogP contribution in [0.2, 0.25) is 0 Å². The maximum atomic E-state index is 13.3. The molecule has 23 heavy (non-hydrogen) atoms. The van der Waals surface area contributed by atoms with Crippen LogP contribution in [-0.2, 0) is 20.7 Å². The molecule has 2 amide bonds. The van der Waals surface area contributed by atoms with Crippen molar-refractivity contribution in [3.05, 3.63) is 39.7 Å². The number of halogens is 1. The molecular weight excluding hydrogens is 309 g/mol. The highest BCUT2D eigenvalue weighted by molar-refractivity contribution is 5.88. The van der Waals surface area contributed by atoms with Crippen molar-refractivity contribution < 1.29 is 23.6 Å². The zero-order valence-electron chi connectivity index (χ0n) is 12.2. The average Bonchev–Trinajstić information content (AvgIpc) is 3.02. The monoisotopic (exact) mass is 325 g/mol. The molecule has 1 aromatic carbocycles. The van der Waals surface area contributed by atoms with Crippen molar-refractivity contribution in [1.29, 1.82) is 0 Å². The summed E-state index contributed by atoms with van der Waals surface area (Å²) in [6.07, 6.45) is 0.495. The van der Waals surface area contributed by atoms with E-state index in [0.29, 0.717) is 18.6 Å². The van der Waals surface area contributed by atoms with Gasteiger partial charge in [0.15, 0.2) is 0 Å². The van der Waals surface area contributed by atoms with Crippen LogP contribution < -0.4 is 11.1 Å². The molecule has 0 spiro atoms. The second-order valence-corrected chi connectivity index (χ2v) is 5.27. The van der Waals surface area contributed by atoms with Crippen molar-refractivity contribution in [3.8, 4) is 0 Å².